The number of aromatic nitrogens is 3. The van der Waals surface area contributed by atoms with Crippen molar-refractivity contribution in [1.29, 1.82) is 0 Å². The Morgan fingerprint density at radius 1 is 1.29 bits per heavy atom. The molecule has 0 bridgehead atoms. The monoisotopic (exact) mass is 267 g/mol. The van der Waals surface area contributed by atoms with Crippen molar-refractivity contribution in [2.45, 2.75) is 19.4 Å². The SMILES string of the molecule is Clc1ccc(Cl)c(-c2ncn(CC3CC3)n2)c1. The second-order valence-corrected chi connectivity index (χ2v) is 5.20. The molecule has 88 valence electrons. The van der Waals surface area contributed by atoms with Gasteiger partial charge in [-0.3, -0.25) is 4.68 Å². The van der Waals surface area contributed by atoms with Gasteiger partial charge in [-0.1, -0.05) is 23.2 Å². The predicted octanol–water partition coefficient (Wildman–Crippen LogP) is 3.66. The summed E-state index contributed by atoms with van der Waals surface area (Å²) in [5.74, 6) is 1.41. The van der Waals surface area contributed by atoms with Crippen LogP contribution in [0.2, 0.25) is 10.0 Å². The molecule has 3 rings (SSSR count). The van der Waals surface area contributed by atoms with Gasteiger partial charge in [0, 0.05) is 17.1 Å². The van der Waals surface area contributed by atoms with E-state index in [1.54, 1.807) is 24.5 Å². The van der Waals surface area contributed by atoms with Crippen LogP contribution in [-0.4, -0.2) is 14.8 Å². The molecule has 0 N–H and O–H groups in total. The summed E-state index contributed by atoms with van der Waals surface area (Å²) in [6.45, 7) is 0.950. The third kappa shape index (κ3) is 2.45. The zero-order valence-electron chi connectivity index (χ0n) is 9.11. The Bertz CT molecular complexity index is 546. The van der Waals surface area contributed by atoms with Crippen LogP contribution in [0.4, 0.5) is 0 Å². The molecule has 1 aromatic heterocycles. The van der Waals surface area contributed by atoms with Crippen LogP contribution in [0.5, 0.6) is 0 Å². The van der Waals surface area contributed by atoms with Crippen molar-refractivity contribution in [1.82, 2.24) is 14.8 Å². The summed E-state index contributed by atoms with van der Waals surface area (Å²) < 4.78 is 1.88. The van der Waals surface area contributed by atoms with Crippen molar-refractivity contribution in [3.05, 3.63) is 34.6 Å². The molecule has 2 aromatic rings. The van der Waals surface area contributed by atoms with E-state index in [1.807, 2.05) is 4.68 Å². The van der Waals surface area contributed by atoms with Crippen LogP contribution in [0.25, 0.3) is 11.4 Å². The lowest BCUT2D eigenvalue weighted by atomic mass is 10.2. The number of hydrogen-bond donors (Lipinski definition) is 0. The Hall–Kier alpha value is -1.06. The zero-order chi connectivity index (χ0) is 11.8. The lowest BCUT2D eigenvalue weighted by Gasteiger charge is -2.00. The Morgan fingerprint density at radius 2 is 2.12 bits per heavy atom. The van der Waals surface area contributed by atoms with Crippen molar-refractivity contribution in [2.75, 3.05) is 0 Å². The number of nitrogens with zero attached hydrogens (tertiary/aromatic N) is 3. The van der Waals surface area contributed by atoms with Gasteiger partial charge in [-0.15, -0.1) is 0 Å². The zero-order valence-corrected chi connectivity index (χ0v) is 10.6. The van der Waals surface area contributed by atoms with Gasteiger partial charge in [0.1, 0.15) is 6.33 Å². The third-order valence-corrected chi connectivity index (χ3v) is 3.41. The summed E-state index contributed by atoms with van der Waals surface area (Å²) in [7, 11) is 0. The molecule has 3 nitrogen and oxygen atoms in total. The highest BCUT2D eigenvalue weighted by atomic mass is 35.5. The molecule has 0 atom stereocenters. The first-order chi connectivity index (χ1) is 8.22. The first-order valence-corrected chi connectivity index (χ1v) is 6.33. The molecule has 1 aliphatic carbocycles. The van der Waals surface area contributed by atoms with Gasteiger partial charge >= 0.3 is 0 Å². The molecule has 0 radical (unpaired) electrons. The second kappa shape index (κ2) is 4.31. The maximum Gasteiger partial charge on any atom is 0.182 e. The highest BCUT2D eigenvalue weighted by Gasteiger charge is 2.22. The van der Waals surface area contributed by atoms with E-state index in [4.69, 9.17) is 23.2 Å². The van der Waals surface area contributed by atoms with Gasteiger partial charge in [-0.2, -0.15) is 5.10 Å². The third-order valence-electron chi connectivity index (χ3n) is 2.85. The van der Waals surface area contributed by atoms with Crippen LogP contribution >= 0.6 is 23.2 Å². The van der Waals surface area contributed by atoms with E-state index in [-0.39, 0.29) is 0 Å². The van der Waals surface area contributed by atoms with Gasteiger partial charge in [0.25, 0.3) is 0 Å². The molecule has 0 aliphatic heterocycles. The molecular weight excluding hydrogens is 257 g/mol. The minimum absolute atomic E-state index is 0.624. The second-order valence-electron chi connectivity index (χ2n) is 4.36. The smallest absolute Gasteiger partial charge is 0.182 e. The van der Waals surface area contributed by atoms with Crippen LogP contribution in [0.1, 0.15) is 12.8 Å². The molecule has 1 fully saturated rings. The topological polar surface area (TPSA) is 30.7 Å². The molecule has 0 saturated heterocycles. The first kappa shape index (κ1) is 11.1. The summed E-state index contributed by atoms with van der Waals surface area (Å²) in [6.07, 6.45) is 4.35. The average molecular weight is 268 g/mol. The van der Waals surface area contributed by atoms with Crippen molar-refractivity contribution < 1.29 is 0 Å². The van der Waals surface area contributed by atoms with E-state index in [0.29, 0.717) is 15.9 Å². The predicted molar refractivity (Wildman–Crippen MR) is 68.2 cm³/mol. The lowest BCUT2D eigenvalue weighted by Crippen LogP contribution is -2.00. The highest BCUT2D eigenvalue weighted by molar-refractivity contribution is 6.35. The molecule has 5 heteroatoms. The Morgan fingerprint density at radius 3 is 2.88 bits per heavy atom. The maximum absolute atomic E-state index is 6.11. The fourth-order valence-electron chi connectivity index (χ4n) is 1.74. The molecule has 1 heterocycles. The highest BCUT2D eigenvalue weighted by Crippen LogP contribution is 2.31. The molecule has 0 unspecified atom stereocenters. The van der Waals surface area contributed by atoms with E-state index < -0.39 is 0 Å². The van der Waals surface area contributed by atoms with Gasteiger partial charge in [0.05, 0.1) is 5.02 Å². The van der Waals surface area contributed by atoms with E-state index in [2.05, 4.69) is 10.1 Å². The summed E-state index contributed by atoms with van der Waals surface area (Å²) >= 11 is 12.1. The number of rotatable bonds is 3. The number of halogens is 2. The summed E-state index contributed by atoms with van der Waals surface area (Å²) in [6, 6.07) is 5.32. The van der Waals surface area contributed by atoms with Crippen molar-refractivity contribution in [2.24, 2.45) is 5.92 Å². The van der Waals surface area contributed by atoms with Gasteiger partial charge < -0.3 is 0 Å². The fraction of sp³-hybridized carbons (Fsp3) is 0.333. The largest absolute Gasteiger partial charge is 0.252 e. The minimum Gasteiger partial charge on any atom is -0.252 e. The molecular formula is C12H11Cl2N3. The number of hydrogen-bond acceptors (Lipinski definition) is 2. The van der Waals surface area contributed by atoms with Crippen molar-refractivity contribution >= 4 is 23.2 Å². The van der Waals surface area contributed by atoms with Gasteiger partial charge in [0.15, 0.2) is 5.82 Å². The van der Waals surface area contributed by atoms with Crippen LogP contribution in [0, 0.1) is 5.92 Å². The minimum atomic E-state index is 0.624. The standard InChI is InChI=1S/C12H11Cl2N3/c13-9-3-4-11(14)10(5-9)12-15-7-17(16-12)6-8-1-2-8/h3-5,7-8H,1-2,6H2. The van der Waals surface area contributed by atoms with E-state index >= 15 is 0 Å². The van der Waals surface area contributed by atoms with Gasteiger partial charge in [-0.25, -0.2) is 4.98 Å². The molecule has 17 heavy (non-hydrogen) atoms. The van der Waals surface area contributed by atoms with E-state index in [9.17, 15) is 0 Å². The summed E-state index contributed by atoms with van der Waals surface area (Å²) in [5.41, 5.74) is 0.786. The summed E-state index contributed by atoms with van der Waals surface area (Å²) in [5, 5.41) is 5.69. The van der Waals surface area contributed by atoms with Gasteiger partial charge in [-0.05, 0) is 37.0 Å². The van der Waals surface area contributed by atoms with Crippen molar-refractivity contribution in [3.8, 4) is 11.4 Å². The molecule has 1 aromatic carbocycles. The average Bonchev–Trinajstić information content (AvgIpc) is 2.99. The number of benzene rings is 1. The molecule has 0 amide bonds. The van der Waals surface area contributed by atoms with Crippen LogP contribution in [-0.2, 0) is 6.54 Å². The van der Waals surface area contributed by atoms with Crippen molar-refractivity contribution in [3.63, 3.8) is 0 Å². The quantitative estimate of drug-likeness (QED) is 0.850. The molecule has 0 spiro atoms. The Kier molecular flexibility index (Phi) is 2.81. The van der Waals surface area contributed by atoms with Gasteiger partial charge in [0.2, 0.25) is 0 Å². The first-order valence-electron chi connectivity index (χ1n) is 5.57. The van der Waals surface area contributed by atoms with Crippen LogP contribution in [0.15, 0.2) is 24.5 Å². The molecule has 1 aliphatic rings. The maximum atomic E-state index is 6.11. The van der Waals surface area contributed by atoms with E-state index in [0.717, 1.165) is 18.0 Å². The van der Waals surface area contributed by atoms with Crippen LogP contribution in [0.3, 0.4) is 0 Å². The molecule has 1 saturated carbocycles. The van der Waals surface area contributed by atoms with Crippen LogP contribution < -0.4 is 0 Å². The Balaban J connectivity index is 1.91. The lowest BCUT2D eigenvalue weighted by molar-refractivity contribution is 0.563. The fourth-order valence-corrected chi connectivity index (χ4v) is 2.11. The normalized spacial score (nSPS) is 15.2. The Labute approximate surface area is 109 Å². The van der Waals surface area contributed by atoms with E-state index in [1.165, 1.54) is 12.8 Å². The summed E-state index contributed by atoms with van der Waals surface area (Å²) in [4.78, 5) is 4.28.